The monoisotopic (exact) mass is 307 g/mol. The molecule has 23 heavy (non-hydrogen) atoms. The van der Waals surface area contributed by atoms with Gasteiger partial charge in [-0.2, -0.15) is 0 Å². The minimum atomic E-state index is 0.144. The number of fused-ring (bicyclic) bond motifs is 4. The fraction of sp³-hybridized carbons (Fsp3) is 0.222. The van der Waals surface area contributed by atoms with Crippen LogP contribution in [0.5, 0.6) is 17.2 Å². The minimum absolute atomic E-state index is 0.144. The molecule has 2 aromatic carbocycles. The summed E-state index contributed by atoms with van der Waals surface area (Å²) < 4.78 is 7.69. The van der Waals surface area contributed by atoms with Crippen molar-refractivity contribution < 1.29 is 9.84 Å². The van der Waals surface area contributed by atoms with Gasteiger partial charge in [0.15, 0.2) is 11.5 Å². The van der Waals surface area contributed by atoms with E-state index >= 15 is 0 Å². The average molecular weight is 307 g/mol. The fourth-order valence-electron chi connectivity index (χ4n) is 2.73. The zero-order valence-corrected chi connectivity index (χ0v) is 12.6. The molecule has 1 N–H and O–H groups in total. The molecule has 0 fully saturated rings. The van der Waals surface area contributed by atoms with Gasteiger partial charge >= 0.3 is 0 Å². The fourth-order valence-corrected chi connectivity index (χ4v) is 2.73. The molecule has 0 radical (unpaired) electrons. The van der Waals surface area contributed by atoms with E-state index in [2.05, 4.69) is 10.3 Å². The number of rotatable bonds is 0. The Balaban J connectivity index is 1.73. The summed E-state index contributed by atoms with van der Waals surface area (Å²) in [7, 11) is 0. The normalized spacial score (nSPS) is 13.9. The number of aromatic nitrogens is 3. The maximum absolute atomic E-state index is 10.0. The smallest absolute Gasteiger partial charge is 0.169 e. The first kappa shape index (κ1) is 13.8. The molecular formula is C18H17N3O2. The number of hydrogen-bond donors (Lipinski definition) is 1. The van der Waals surface area contributed by atoms with Crippen LogP contribution in [0.25, 0.3) is 0 Å². The van der Waals surface area contributed by atoms with Crippen molar-refractivity contribution in [2.75, 3.05) is 0 Å². The number of aryl methyl sites for hydroxylation is 4. The molecule has 3 aromatic rings. The van der Waals surface area contributed by atoms with Crippen molar-refractivity contribution in [1.82, 2.24) is 15.0 Å². The first-order valence-electron chi connectivity index (χ1n) is 7.74. The van der Waals surface area contributed by atoms with E-state index in [-0.39, 0.29) is 5.75 Å². The van der Waals surface area contributed by atoms with Gasteiger partial charge in [-0.3, -0.25) is 4.68 Å². The summed E-state index contributed by atoms with van der Waals surface area (Å²) >= 11 is 0. The second-order valence-corrected chi connectivity index (χ2v) is 5.77. The van der Waals surface area contributed by atoms with Gasteiger partial charge in [0.2, 0.25) is 0 Å². The van der Waals surface area contributed by atoms with Gasteiger partial charge < -0.3 is 9.84 Å². The molecule has 0 atom stereocenters. The molecule has 0 unspecified atom stereocenters. The van der Waals surface area contributed by atoms with Gasteiger partial charge in [-0.05, 0) is 54.7 Å². The van der Waals surface area contributed by atoms with E-state index in [4.69, 9.17) is 4.74 Å². The lowest BCUT2D eigenvalue weighted by Crippen LogP contribution is -2.02. The number of benzene rings is 2. The number of phenolic OH excluding ortho intramolecular Hbond substituents is 1. The zero-order chi connectivity index (χ0) is 15.6. The Morgan fingerprint density at radius 2 is 1.78 bits per heavy atom. The van der Waals surface area contributed by atoms with Crippen molar-refractivity contribution in [3.63, 3.8) is 0 Å². The van der Waals surface area contributed by atoms with Crippen molar-refractivity contribution >= 4 is 0 Å². The second-order valence-electron chi connectivity index (χ2n) is 5.77. The number of phenols is 1. The van der Waals surface area contributed by atoms with Gasteiger partial charge in [0.05, 0.1) is 5.69 Å². The van der Waals surface area contributed by atoms with E-state index in [1.165, 1.54) is 5.56 Å². The molecule has 5 nitrogen and oxygen atoms in total. The maximum atomic E-state index is 10.0. The quantitative estimate of drug-likeness (QED) is 0.693. The van der Waals surface area contributed by atoms with Crippen molar-refractivity contribution in [2.45, 2.75) is 25.8 Å². The molecule has 2 aliphatic heterocycles. The van der Waals surface area contributed by atoms with E-state index in [1.54, 1.807) is 6.07 Å². The van der Waals surface area contributed by atoms with E-state index in [0.717, 1.165) is 42.8 Å². The lowest BCUT2D eigenvalue weighted by molar-refractivity contribution is 0.410. The Morgan fingerprint density at radius 3 is 2.65 bits per heavy atom. The molecule has 5 heteroatoms. The van der Waals surface area contributed by atoms with E-state index in [9.17, 15) is 5.11 Å². The van der Waals surface area contributed by atoms with Crippen LogP contribution in [0.15, 0.2) is 48.7 Å². The van der Waals surface area contributed by atoms with Gasteiger partial charge in [0, 0.05) is 12.7 Å². The standard InChI is InChI=1S/C18H17N3O2/c22-17-8-4-14-9-10-21-12-15(19-20-21)5-1-13-2-6-16(7-3-13)23-18(17)11-14/h2-4,6-8,11-12,22H,1,5,9-10H2. The Hall–Kier alpha value is -2.82. The summed E-state index contributed by atoms with van der Waals surface area (Å²) in [6.45, 7) is 0.751. The molecule has 3 heterocycles. The largest absolute Gasteiger partial charge is 0.504 e. The Bertz CT molecular complexity index is 825. The number of nitrogens with zero attached hydrogens (tertiary/aromatic N) is 3. The third kappa shape index (κ3) is 3.04. The molecule has 0 saturated heterocycles. The van der Waals surface area contributed by atoms with Gasteiger partial charge in [-0.25, -0.2) is 0 Å². The molecular weight excluding hydrogens is 290 g/mol. The Labute approximate surface area is 134 Å². The van der Waals surface area contributed by atoms with Gasteiger partial charge in [0.1, 0.15) is 5.75 Å². The van der Waals surface area contributed by atoms with Crippen LogP contribution in [-0.2, 0) is 25.8 Å². The molecule has 116 valence electrons. The highest BCUT2D eigenvalue weighted by Gasteiger charge is 2.08. The molecule has 5 rings (SSSR count). The lowest BCUT2D eigenvalue weighted by Gasteiger charge is -2.10. The summed E-state index contributed by atoms with van der Waals surface area (Å²) in [5.74, 6) is 1.34. The molecule has 0 spiro atoms. The van der Waals surface area contributed by atoms with Crippen molar-refractivity contribution in [2.24, 2.45) is 0 Å². The molecule has 0 amide bonds. The third-order valence-corrected chi connectivity index (χ3v) is 4.06. The predicted octanol–water partition coefficient (Wildman–Crippen LogP) is 3.12. The van der Waals surface area contributed by atoms with Gasteiger partial charge in [-0.15, -0.1) is 5.10 Å². The van der Waals surface area contributed by atoms with Crippen molar-refractivity contribution in [1.29, 1.82) is 0 Å². The van der Waals surface area contributed by atoms with E-state index < -0.39 is 0 Å². The van der Waals surface area contributed by atoms with Crippen LogP contribution >= 0.6 is 0 Å². The third-order valence-electron chi connectivity index (χ3n) is 4.06. The molecule has 0 aliphatic carbocycles. The first-order valence-corrected chi connectivity index (χ1v) is 7.74. The maximum Gasteiger partial charge on any atom is 0.169 e. The Morgan fingerprint density at radius 1 is 0.957 bits per heavy atom. The van der Waals surface area contributed by atoms with Crippen molar-refractivity contribution in [3.8, 4) is 17.2 Å². The SMILES string of the molecule is Oc1ccc2cc1Oc1ccc(cc1)CCc1cn(nn1)CC2. The van der Waals surface area contributed by atoms with Crippen LogP contribution in [0, 0.1) is 0 Å². The number of hydrogen-bond acceptors (Lipinski definition) is 4. The van der Waals surface area contributed by atoms with Crippen LogP contribution in [0.3, 0.4) is 0 Å². The highest BCUT2D eigenvalue weighted by atomic mass is 16.5. The second kappa shape index (κ2) is 5.76. The van der Waals surface area contributed by atoms with E-state index in [0.29, 0.717) is 5.75 Å². The summed E-state index contributed by atoms with van der Waals surface area (Å²) in [4.78, 5) is 0. The van der Waals surface area contributed by atoms with E-state index in [1.807, 2.05) is 47.3 Å². The van der Waals surface area contributed by atoms with Crippen LogP contribution in [0.1, 0.15) is 16.8 Å². The summed E-state index contributed by atoms with van der Waals surface area (Å²) in [5, 5.41) is 18.4. The molecule has 0 saturated carbocycles. The number of aromatic hydroxyl groups is 1. The van der Waals surface area contributed by atoms with Gasteiger partial charge in [-0.1, -0.05) is 23.4 Å². The molecule has 2 aliphatic rings. The minimum Gasteiger partial charge on any atom is -0.504 e. The van der Waals surface area contributed by atoms with Crippen LogP contribution in [0.2, 0.25) is 0 Å². The summed E-state index contributed by atoms with van der Waals surface area (Å²) in [6, 6.07) is 13.4. The summed E-state index contributed by atoms with van der Waals surface area (Å²) in [6.07, 6.45) is 4.59. The Kier molecular flexibility index (Phi) is 3.46. The lowest BCUT2D eigenvalue weighted by atomic mass is 10.1. The highest BCUT2D eigenvalue weighted by molar-refractivity contribution is 5.45. The predicted molar refractivity (Wildman–Crippen MR) is 85.8 cm³/mol. The average Bonchev–Trinajstić information content (AvgIpc) is 3.02. The summed E-state index contributed by atoms with van der Waals surface area (Å²) in [5.41, 5.74) is 3.31. The van der Waals surface area contributed by atoms with Crippen LogP contribution < -0.4 is 4.74 Å². The van der Waals surface area contributed by atoms with Crippen LogP contribution in [0.4, 0.5) is 0 Å². The number of ether oxygens (including phenoxy) is 1. The van der Waals surface area contributed by atoms with Gasteiger partial charge in [0.25, 0.3) is 0 Å². The topological polar surface area (TPSA) is 60.2 Å². The molecule has 6 bridgehead atoms. The first-order chi connectivity index (χ1) is 11.3. The van der Waals surface area contributed by atoms with Crippen molar-refractivity contribution in [3.05, 3.63) is 65.5 Å². The van der Waals surface area contributed by atoms with Crippen LogP contribution in [-0.4, -0.2) is 20.1 Å². The highest BCUT2D eigenvalue weighted by Crippen LogP contribution is 2.32. The molecule has 1 aromatic heterocycles. The zero-order valence-electron chi connectivity index (χ0n) is 12.6.